The zero-order chi connectivity index (χ0) is 14.1. The normalized spacial score (nSPS) is 29.4. The summed E-state index contributed by atoms with van der Waals surface area (Å²) >= 11 is 3.33. The molecule has 6 heteroatoms. The van der Waals surface area contributed by atoms with E-state index in [1.54, 1.807) is 12.3 Å². The number of fused-ring (bicyclic) bond motifs is 2. The topological polar surface area (TPSA) is 71.2 Å². The van der Waals surface area contributed by atoms with Crippen LogP contribution in [0.25, 0.3) is 0 Å². The lowest BCUT2D eigenvalue weighted by Gasteiger charge is -2.37. The van der Waals surface area contributed by atoms with Crippen LogP contribution in [0.5, 0.6) is 0 Å². The number of nitrogens with zero attached hydrogens (tertiary/aromatic N) is 2. The molecule has 2 atom stereocenters. The molecule has 1 aromatic heterocycles. The van der Waals surface area contributed by atoms with Gasteiger partial charge in [-0.3, -0.25) is 9.69 Å². The third kappa shape index (κ3) is 3.02. The summed E-state index contributed by atoms with van der Waals surface area (Å²) in [6.45, 7) is 0.444. The molecule has 2 bridgehead atoms. The van der Waals surface area contributed by atoms with Crippen molar-refractivity contribution >= 4 is 27.7 Å². The Morgan fingerprint density at radius 1 is 1.40 bits per heavy atom. The average molecular weight is 339 g/mol. The fraction of sp³-hybridized carbons (Fsp3) is 0.571. The molecule has 3 N–H and O–H groups in total. The predicted octanol–water partition coefficient (Wildman–Crippen LogP) is 1.74. The number of piperidine rings is 1. The van der Waals surface area contributed by atoms with E-state index in [4.69, 9.17) is 5.73 Å². The van der Waals surface area contributed by atoms with E-state index in [-0.39, 0.29) is 5.91 Å². The Hall–Kier alpha value is -0.980. The summed E-state index contributed by atoms with van der Waals surface area (Å²) in [5, 5.41) is 2.85. The van der Waals surface area contributed by atoms with Crippen molar-refractivity contribution in [2.75, 3.05) is 11.9 Å². The van der Waals surface area contributed by atoms with Crippen LogP contribution in [0, 0.1) is 0 Å². The third-order valence-electron chi connectivity index (χ3n) is 4.24. The fourth-order valence-corrected chi connectivity index (χ4v) is 3.61. The molecule has 20 heavy (non-hydrogen) atoms. The number of anilines is 1. The zero-order valence-corrected chi connectivity index (χ0v) is 12.8. The lowest BCUT2D eigenvalue weighted by atomic mass is 9.98. The second kappa shape index (κ2) is 5.79. The molecule has 0 spiro atoms. The number of nitrogens with two attached hydrogens (primary N) is 1. The molecule has 2 unspecified atom stereocenters. The number of rotatable bonds is 3. The van der Waals surface area contributed by atoms with Crippen LogP contribution < -0.4 is 11.1 Å². The van der Waals surface area contributed by atoms with Crippen molar-refractivity contribution in [2.45, 2.75) is 43.8 Å². The van der Waals surface area contributed by atoms with Gasteiger partial charge in [0.2, 0.25) is 5.91 Å². The Balaban J connectivity index is 1.58. The highest BCUT2D eigenvalue weighted by Gasteiger charge is 2.40. The summed E-state index contributed by atoms with van der Waals surface area (Å²) in [5.41, 5.74) is 6.04. The molecule has 5 nitrogen and oxygen atoms in total. The van der Waals surface area contributed by atoms with E-state index in [1.807, 2.05) is 6.07 Å². The van der Waals surface area contributed by atoms with Gasteiger partial charge < -0.3 is 11.1 Å². The van der Waals surface area contributed by atoms with Crippen molar-refractivity contribution in [3.05, 3.63) is 22.8 Å². The Morgan fingerprint density at radius 3 is 2.70 bits per heavy atom. The second-order valence-corrected chi connectivity index (χ2v) is 6.61. The van der Waals surface area contributed by atoms with Crippen LogP contribution in [0.4, 0.5) is 5.82 Å². The van der Waals surface area contributed by atoms with Gasteiger partial charge in [-0.05, 0) is 53.7 Å². The van der Waals surface area contributed by atoms with E-state index in [1.165, 1.54) is 12.8 Å². The molecule has 108 valence electrons. The Morgan fingerprint density at radius 2 is 2.10 bits per heavy atom. The average Bonchev–Trinajstić information content (AvgIpc) is 2.65. The first kappa shape index (κ1) is 14.0. The maximum Gasteiger partial charge on any atom is 0.239 e. The van der Waals surface area contributed by atoms with E-state index >= 15 is 0 Å². The minimum absolute atomic E-state index is 0.00666. The molecule has 0 aromatic carbocycles. The van der Waals surface area contributed by atoms with E-state index in [0.29, 0.717) is 30.5 Å². The molecule has 3 heterocycles. The van der Waals surface area contributed by atoms with Crippen LogP contribution in [0.15, 0.2) is 22.8 Å². The number of pyridine rings is 1. The Bertz CT molecular complexity index is 478. The smallest absolute Gasteiger partial charge is 0.239 e. The van der Waals surface area contributed by atoms with Gasteiger partial charge in [-0.2, -0.15) is 0 Å². The number of hydrogen-bond acceptors (Lipinski definition) is 4. The molecule has 3 rings (SSSR count). The summed E-state index contributed by atoms with van der Waals surface area (Å²) in [6.07, 6.45) is 6.05. The number of carbonyl (C=O) groups excluding carboxylic acids is 1. The van der Waals surface area contributed by atoms with Gasteiger partial charge in [-0.1, -0.05) is 0 Å². The zero-order valence-electron chi connectivity index (χ0n) is 11.3. The number of nitrogens with one attached hydrogen (secondary N) is 1. The van der Waals surface area contributed by atoms with Crippen molar-refractivity contribution < 1.29 is 4.79 Å². The van der Waals surface area contributed by atoms with E-state index in [9.17, 15) is 4.79 Å². The minimum atomic E-state index is 0.00666. The van der Waals surface area contributed by atoms with Crippen molar-refractivity contribution in [2.24, 2.45) is 5.73 Å². The van der Waals surface area contributed by atoms with Crippen LogP contribution >= 0.6 is 15.9 Å². The number of hydrogen-bond donors (Lipinski definition) is 2. The summed E-state index contributed by atoms with van der Waals surface area (Å²) < 4.78 is 0.901. The quantitative estimate of drug-likeness (QED) is 0.880. The van der Waals surface area contributed by atoms with Crippen LogP contribution in [0.1, 0.15) is 25.7 Å². The first-order chi connectivity index (χ1) is 9.61. The van der Waals surface area contributed by atoms with Crippen molar-refractivity contribution in [1.82, 2.24) is 9.88 Å². The summed E-state index contributed by atoms with van der Waals surface area (Å²) in [6, 6.07) is 4.93. The van der Waals surface area contributed by atoms with Gasteiger partial charge in [0.05, 0.1) is 6.54 Å². The molecule has 2 saturated heterocycles. The third-order valence-corrected chi connectivity index (χ3v) is 4.71. The highest BCUT2D eigenvalue weighted by atomic mass is 79.9. The molecule has 2 aliphatic rings. The lowest BCUT2D eigenvalue weighted by Crippen LogP contribution is -2.49. The molecule has 0 aliphatic carbocycles. The van der Waals surface area contributed by atoms with Crippen molar-refractivity contribution in [3.63, 3.8) is 0 Å². The number of carbonyl (C=O) groups is 1. The van der Waals surface area contributed by atoms with Gasteiger partial charge in [0.1, 0.15) is 5.82 Å². The largest absolute Gasteiger partial charge is 0.328 e. The SMILES string of the molecule is NC1CC2CCC(C1)N2CC(=O)Nc1ccc(Br)cn1. The minimum Gasteiger partial charge on any atom is -0.328 e. The summed E-state index contributed by atoms with van der Waals surface area (Å²) in [4.78, 5) is 18.6. The van der Waals surface area contributed by atoms with Gasteiger partial charge in [-0.15, -0.1) is 0 Å². The molecule has 1 amide bonds. The molecule has 2 fully saturated rings. The molecular weight excluding hydrogens is 320 g/mol. The van der Waals surface area contributed by atoms with Crippen molar-refractivity contribution in [1.29, 1.82) is 0 Å². The van der Waals surface area contributed by atoms with E-state index < -0.39 is 0 Å². The maximum absolute atomic E-state index is 12.1. The van der Waals surface area contributed by atoms with Crippen LogP contribution in [-0.4, -0.2) is 40.5 Å². The fourth-order valence-electron chi connectivity index (χ4n) is 3.37. The van der Waals surface area contributed by atoms with Gasteiger partial charge in [-0.25, -0.2) is 4.98 Å². The van der Waals surface area contributed by atoms with Crippen LogP contribution in [0.3, 0.4) is 0 Å². The van der Waals surface area contributed by atoms with Gasteiger partial charge in [0, 0.05) is 28.8 Å². The number of amides is 1. The first-order valence-corrected chi connectivity index (χ1v) is 7.84. The van der Waals surface area contributed by atoms with Crippen LogP contribution in [-0.2, 0) is 4.79 Å². The summed E-state index contributed by atoms with van der Waals surface area (Å²) in [5.74, 6) is 0.603. The van der Waals surface area contributed by atoms with E-state index in [2.05, 4.69) is 31.1 Å². The Kier molecular flexibility index (Phi) is 4.05. The maximum atomic E-state index is 12.1. The highest BCUT2D eigenvalue weighted by molar-refractivity contribution is 9.10. The highest BCUT2D eigenvalue weighted by Crippen LogP contribution is 2.34. The van der Waals surface area contributed by atoms with Crippen LogP contribution in [0.2, 0.25) is 0 Å². The molecule has 0 saturated carbocycles. The molecule has 1 aromatic rings. The monoisotopic (exact) mass is 338 g/mol. The molecule has 2 aliphatic heterocycles. The van der Waals surface area contributed by atoms with Crippen molar-refractivity contribution in [3.8, 4) is 0 Å². The van der Waals surface area contributed by atoms with Gasteiger partial charge in [0.15, 0.2) is 0 Å². The number of aromatic nitrogens is 1. The number of halogens is 1. The standard InChI is InChI=1S/C14H19BrN4O/c15-9-1-4-13(17-7-9)18-14(20)8-19-11-2-3-12(19)6-10(16)5-11/h1,4,7,10-12H,2-3,5-6,8,16H2,(H,17,18,20). The molecular formula is C14H19BrN4O. The van der Waals surface area contributed by atoms with E-state index in [0.717, 1.165) is 17.3 Å². The second-order valence-electron chi connectivity index (χ2n) is 5.70. The summed E-state index contributed by atoms with van der Waals surface area (Å²) in [7, 11) is 0. The first-order valence-electron chi connectivity index (χ1n) is 7.04. The lowest BCUT2D eigenvalue weighted by molar-refractivity contribution is -0.118. The van der Waals surface area contributed by atoms with Gasteiger partial charge >= 0.3 is 0 Å². The van der Waals surface area contributed by atoms with Gasteiger partial charge in [0.25, 0.3) is 0 Å². The Labute approximate surface area is 127 Å². The molecule has 0 radical (unpaired) electrons. The predicted molar refractivity (Wildman–Crippen MR) is 81.3 cm³/mol.